The van der Waals surface area contributed by atoms with Crippen molar-refractivity contribution in [3.63, 3.8) is 0 Å². The average Bonchev–Trinajstić information content (AvgIpc) is 2.39. The summed E-state index contributed by atoms with van der Waals surface area (Å²) in [6.45, 7) is 2.94. The van der Waals surface area contributed by atoms with Crippen molar-refractivity contribution in [2.24, 2.45) is 0 Å². The van der Waals surface area contributed by atoms with Crippen molar-refractivity contribution in [2.45, 2.75) is 25.9 Å². The normalized spacial score (nSPS) is 11.3. The van der Waals surface area contributed by atoms with Crippen LogP contribution in [0.3, 0.4) is 0 Å². The summed E-state index contributed by atoms with van der Waals surface area (Å²) in [7, 11) is 0. The van der Waals surface area contributed by atoms with Gasteiger partial charge in [-0.1, -0.05) is 24.4 Å². The molecule has 19 heavy (non-hydrogen) atoms. The third-order valence-corrected chi connectivity index (χ3v) is 2.86. The van der Waals surface area contributed by atoms with Crippen LogP contribution in [0, 0.1) is 12.3 Å². The molecule has 0 fully saturated rings. The van der Waals surface area contributed by atoms with Crippen LogP contribution >= 0.6 is 24.0 Å². The second kappa shape index (κ2) is 9.94. The molecule has 1 aromatic carbocycles. The van der Waals surface area contributed by atoms with Crippen LogP contribution in [0.25, 0.3) is 0 Å². The SMILES string of the molecule is C#CCOc1ccc(Cl)cc1CNC(CC)CO.Cl. The molecule has 0 aliphatic heterocycles. The molecule has 1 unspecified atom stereocenters. The molecule has 106 valence electrons. The predicted molar refractivity (Wildman–Crippen MR) is 81.0 cm³/mol. The van der Waals surface area contributed by atoms with E-state index in [2.05, 4.69) is 11.2 Å². The van der Waals surface area contributed by atoms with Gasteiger partial charge >= 0.3 is 0 Å². The van der Waals surface area contributed by atoms with E-state index in [1.54, 1.807) is 12.1 Å². The minimum absolute atomic E-state index is 0. The molecule has 1 aromatic rings. The maximum Gasteiger partial charge on any atom is 0.148 e. The fourth-order valence-electron chi connectivity index (χ4n) is 1.54. The van der Waals surface area contributed by atoms with E-state index in [-0.39, 0.29) is 31.7 Å². The molecule has 0 radical (unpaired) electrons. The van der Waals surface area contributed by atoms with Crippen LogP contribution in [0.15, 0.2) is 18.2 Å². The standard InChI is InChI=1S/C14H18ClNO2.ClH/c1-3-7-18-14-6-5-12(15)8-11(14)9-16-13(4-2)10-17;/h1,5-6,8,13,16-17H,4,7,9-10H2,2H3;1H. The van der Waals surface area contributed by atoms with E-state index in [0.29, 0.717) is 11.6 Å². The summed E-state index contributed by atoms with van der Waals surface area (Å²) in [5.41, 5.74) is 0.935. The quantitative estimate of drug-likeness (QED) is 0.761. The highest BCUT2D eigenvalue weighted by Crippen LogP contribution is 2.23. The molecule has 0 aliphatic carbocycles. The second-order valence-corrected chi connectivity index (χ2v) is 4.35. The Bertz CT molecular complexity index is 414. The van der Waals surface area contributed by atoms with Gasteiger partial charge in [0.05, 0.1) is 6.61 Å². The molecular weight excluding hydrogens is 285 g/mol. The molecular formula is C14H19Cl2NO2. The van der Waals surface area contributed by atoms with E-state index in [0.717, 1.165) is 17.7 Å². The summed E-state index contributed by atoms with van der Waals surface area (Å²) in [4.78, 5) is 0. The zero-order valence-electron chi connectivity index (χ0n) is 10.9. The first-order valence-electron chi connectivity index (χ1n) is 5.90. The minimum atomic E-state index is 0. The van der Waals surface area contributed by atoms with Crippen LogP contribution in [-0.2, 0) is 6.54 Å². The van der Waals surface area contributed by atoms with Crippen molar-refractivity contribution in [1.29, 1.82) is 0 Å². The third kappa shape index (κ3) is 6.17. The van der Waals surface area contributed by atoms with Crippen LogP contribution in [0.5, 0.6) is 5.75 Å². The third-order valence-electron chi connectivity index (χ3n) is 2.63. The van der Waals surface area contributed by atoms with Gasteiger partial charge in [0.25, 0.3) is 0 Å². The molecule has 1 rings (SSSR count). The lowest BCUT2D eigenvalue weighted by molar-refractivity contribution is 0.237. The topological polar surface area (TPSA) is 41.5 Å². The molecule has 0 saturated carbocycles. The lowest BCUT2D eigenvalue weighted by Crippen LogP contribution is -2.31. The zero-order valence-corrected chi connectivity index (χ0v) is 12.4. The van der Waals surface area contributed by atoms with Crippen molar-refractivity contribution < 1.29 is 9.84 Å². The van der Waals surface area contributed by atoms with Gasteiger partial charge in [0, 0.05) is 23.2 Å². The van der Waals surface area contributed by atoms with Crippen molar-refractivity contribution in [1.82, 2.24) is 5.32 Å². The van der Waals surface area contributed by atoms with Gasteiger partial charge in [-0.15, -0.1) is 18.8 Å². The van der Waals surface area contributed by atoms with Gasteiger partial charge in [0.1, 0.15) is 12.4 Å². The highest BCUT2D eigenvalue weighted by Gasteiger charge is 2.08. The number of rotatable bonds is 7. The zero-order chi connectivity index (χ0) is 13.4. The number of terminal acetylenes is 1. The van der Waals surface area contributed by atoms with Gasteiger partial charge < -0.3 is 15.2 Å². The first-order valence-corrected chi connectivity index (χ1v) is 6.28. The Hall–Kier alpha value is -0.920. The van der Waals surface area contributed by atoms with E-state index in [1.807, 2.05) is 13.0 Å². The Morgan fingerprint density at radius 2 is 2.26 bits per heavy atom. The minimum Gasteiger partial charge on any atom is -0.481 e. The van der Waals surface area contributed by atoms with Gasteiger partial charge in [-0.2, -0.15) is 0 Å². The Morgan fingerprint density at radius 3 is 2.84 bits per heavy atom. The van der Waals surface area contributed by atoms with Crippen LogP contribution in [0.4, 0.5) is 0 Å². The lowest BCUT2D eigenvalue weighted by Gasteiger charge is -2.16. The largest absolute Gasteiger partial charge is 0.481 e. The van der Waals surface area contributed by atoms with Crippen molar-refractivity contribution in [3.05, 3.63) is 28.8 Å². The van der Waals surface area contributed by atoms with Crippen LogP contribution in [0.2, 0.25) is 5.02 Å². The summed E-state index contributed by atoms with van der Waals surface area (Å²) in [6.07, 6.45) is 6.03. The average molecular weight is 304 g/mol. The van der Waals surface area contributed by atoms with Gasteiger partial charge in [-0.3, -0.25) is 0 Å². The first kappa shape index (κ1) is 18.1. The Balaban J connectivity index is 0.00000324. The van der Waals surface area contributed by atoms with Crippen molar-refractivity contribution >= 4 is 24.0 Å². The Morgan fingerprint density at radius 1 is 1.53 bits per heavy atom. The molecule has 2 N–H and O–H groups in total. The number of ether oxygens (including phenoxy) is 1. The Kier molecular flexibility index (Phi) is 9.46. The van der Waals surface area contributed by atoms with Gasteiger partial charge in [-0.05, 0) is 24.6 Å². The summed E-state index contributed by atoms with van der Waals surface area (Å²) < 4.78 is 5.44. The summed E-state index contributed by atoms with van der Waals surface area (Å²) >= 11 is 5.96. The van der Waals surface area contributed by atoms with E-state index < -0.39 is 0 Å². The van der Waals surface area contributed by atoms with Crippen LogP contribution in [0.1, 0.15) is 18.9 Å². The molecule has 0 spiro atoms. The fourth-order valence-corrected chi connectivity index (χ4v) is 1.73. The van der Waals surface area contributed by atoms with Crippen molar-refractivity contribution in [2.75, 3.05) is 13.2 Å². The molecule has 0 amide bonds. The first-order chi connectivity index (χ1) is 8.71. The van der Waals surface area contributed by atoms with E-state index in [9.17, 15) is 0 Å². The number of aliphatic hydroxyl groups is 1. The lowest BCUT2D eigenvalue weighted by atomic mass is 10.1. The van der Waals surface area contributed by atoms with E-state index in [4.69, 9.17) is 27.9 Å². The number of hydrogen-bond donors (Lipinski definition) is 2. The summed E-state index contributed by atoms with van der Waals surface area (Å²) in [5, 5.41) is 13.0. The number of halogens is 2. The molecule has 3 nitrogen and oxygen atoms in total. The molecule has 1 atom stereocenters. The maximum absolute atomic E-state index is 9.12. The summed E-state index contributed by atoms with van der Waals surface area (Å²) in [6, 6.07) is 5.48. The number of hydrogen-bond acceptors (Lipinski definition) is 3. The highest BCUT2D eigenvalue weighted by molar-refractivity contribution is 6.30. The second-order valence-electron chi connectivity index (χ2n) is 3.91. The van der Waals surface area contributed by atoms with Crippen molar-refractivity contribution in [3.8, 4) is 18.1 Å². The van der Waals surface area contributed by atoms with E-state index >= 15 is 0 Å². The molecule has 0 bridgehead atoms. The van der Waals surface area contributed by atoms with Crippen LogP contribution in [-0.4, -0.2) is 24.4 Å². The predicted octanol–water partition coefficient (Wildman–Crippen LogP) is 2.63. The smallest absolute Gasteiger partial charge is 0.148 e. The summed E-state index contributed by atoms with van der Waals surface area (Å²) in [5.74, 6) is 3.15. The number of benzene rings is 1. The van der Waals surface area contributed by atoms with Gasteiger partial charge in [0.2, 0.25) is 0 Å². The van der Waals surface area contributed by atoms with Crippen LogP contribution < -0.4 is 10.1 Å². The van der Waals surface area contributed by atoms with Gasteiger partial charge in [-0.25, -0.2) is 0 Å². The number of aliphatic hydroxyl groups excluding tert-OH is 1. The number of nitrogens with one attached hydrogen (secondary N) is 1. The molecule has 0 aliphatic rings. The van der Waals surface area contributed by atoms with Gasteiger partial charge in [0.15, 0.2) is 0 Å². The molecule has 0 heterocycles. The maximum atomic E-state index is 9.12. The Labute approximate surface area is 125 Å². The monoisotopic (exact) mass is 303 g/mol. The molecule has 5 heteroatoms. The molecule has 0 aromatic heterocycles. The van der Waals surface area contributed by atoms with E-state index in [1.165, 1.54) is 0 Å². The molecule has 0 saturated heterocycles. The fraction of sp³-hybridized carbons (Fsp3) is 0.429. The highest BCUT2D eigenvalue weighted by atomic mass is 35.5.